The summed E-state index contributed by atoms with van der Waals surface area (Å²) in [6, 6.07) is 11.0. The number of hydrogen-bond acceptors (Lipinski definition) is 2. The van der Waals surface area contributed by atoms with E-state index in [9.17, 15) is 18.4 Å². The van der Waals surface area contributed by atoms with Crippen molar-refractivity contribution < 1.29 is 18.4 Å². The number of amides is 2. The number of halogens is 3. The van der Waals surface area contributed by atoms with Crippen molar-refractivity contribution in [3.63, 3.8) is 0 Å². The monoisotopic (exact) mass is 422 g/mol. The summed E-state index contributed by atoms with van der Waals surface area (Å²) in [5.74, 6) is -2.14. The summed E-state index contributed by atoms with van der Waals surface area (Å²) in [4.78, 5) is 26.1. The molecule has 0 saturated carbocycles. The van der Waals surface area contributed by atoms with Crippen LogP contribution in [0.3, 0.4) is 0 Å². The van der Waals surface area contributed by atoms with Crippen LogP contribution in [-0.2, 0) is 16.0 Å². The topological polar surface area (TPSA) is 49.4 Å². The summed E-state index contributed by atoms with van der Waals surface area (Å²) in [5.41, 5.74) is 0.680. The highest BCUT2D eigenvalue weighted by molar-refractivity contribution is 9.10. The van der Waals surface area contributed by atoms with Crippen molar-refractivity contribution in [1.29, 1.82) is 0 Å². The van der Waals surface area contributed by atoms with Gasteiger partial charge in [-0.3, -0.25) is 9.59 Å². The normalized spacial score (nSPS) is 16.8. The predicted molar refractivity (Wildman–Crippen MR) is 97.7 cm³/mol. The fourth-order valence-corrected chi connectivity index (χ4v) is 3.39. The predicted octanol–water partition coefficient (Wildman–Crippen LogP) is 3.44. The Labute approximate surface area is 158 Å². The molecule has 1 unspecified atom stereocenters. The van der Waals surface area contributed by atoms with Crippen LogP contribution >= 0.6 is 15.9 Å². The first kappa shape index (κ1) is 18.5. The number of anilines is 1. The maximum atomic E-state index is 13.6. The highest BCUT2D eigenvalue weighted by atomic mass is 79.9. The zero-order valence-corrected chi connectivity index (χ0v) is 15.4. The van der Waals surface area contributed by atoms with Crippen molar-refractivity contribution in [3.05, 3.63) is 64.1 Å². The van der Waals surface area contributed by atoms with E-state index in [2.05, 4.69) is 21.2 Å². The van der Waals surface area contributed by atoms with Gasteiger partial charge in [-0.05, 0) is 36.8 Å². The molecule has 0 radical (unpaired) electrons. The van der Waals surface area contributed by atoms with E-state index in [1.807, 2.05) is 24.3 Å². The van der Waals surface area contributed by atoms with Gasteiger partial charge in [0.05, 0.1) is 5.92 Å². The van der Waals surface area contributed by atoms with E-state index in [4.69, 9.17) is 0 Å². The summed E-state index contributed by atoms with van der Waals surface area (Å²) in [6.45, 7) is 0.396. The molecule has 2 amide bonds. The molecule has 3 rings (SSSR count). The highest BCUT2D eigenvalue weighted by Gasteiger charge is 2.35. The van der Waals surface area contributed by atoms with Crippen LogP contribution in [0.15, 0.2) is 46.9 Å². The molecular weight excluding hydrogens is 406 g/mol. The molecule has 1 fully saturated rings. The number of benzene rings is 2. The van der Waals surface area contributed by atoms with E-state index < -0.39 is 17.6 Å². The van der Waals surface area contributed by atoms with Crippen LogP contribution < -0.4 is 10.2 Å². The largest absolute Gasteiger partial charge is 0.355 e. The highest BCUT2D eigenvalue weighted by Crippen LogP contribution is 2.27. The van der Waals surface area contributed by atoms with Gasteiger partial charge in [-0.1, -0.05) is 28.1 Å². The minimum atomic E-state index is -0.629. The van der Waals surface area contributed by atoms with E-state index in [0.717, 1.165) is 10.2 Å². The number of nitrogens with one attached hydrogen (secondary N) is 1. The molecule has 1 saturated heterocycles. The van der Waals surface area contributed by atoms with E-state index in [1.165, 1.54) is 18.2 Å². The Balaban J connectivity index is 1.57. The lowest BCUT2D eigenvalue weighted by Crippen LogP contribution is -2.34. The van der Waals surface area contributed by atoms with E-state index in [1.54, 1.807) is 4.90 Å². The Kier molecular flexibility index (Phi) is 5.66. The molecule has 0 spiro atoms. The molecule has 2 aromatic carbocycles. The van der Waals surface area contributed by atoms with E-state index >= 15 is 0 Å². The third-order valence-electron chi connectivity index (χ3n) is 4.35. The summed E-state index contributed by atoms with van der Waals surface area (Å²) in [7, 11) is 0. The zero-order valence-electron chi connectivity index (χ0n) is 13.8. The van der Waals surface area contributed by atoms with Crippen molar-refractivity contribution in [2.75, 3.05) is 18.0 Å². The molecule has 7 heteroatoms. The van der Waals surface area contributed by atoms with Crippen LogP contribution in [-0.4, -0.2) is 24.9 Å². The first-order chi connectivity index (χ1) is 12.5. The van der Waals surface area contributed by atoms with Gasteiger partial charge in [0.25, 0.3) is 0 Å². The van der Waals surface area contributed by atoms with Crippen molar-refractivity contribution in [1.82, 2.24) is 5.32 Å². The Morgan fingerprint density at radius 1 is 1.19 bits per heavy atom. The van der Waals surface area contributed by atoms with Crippen molar-refractivity contribution in [2.45, 2.75) is 12.8 Å². The maximum absolute atomic E-state index is 13.6. The van der Waals surface area contributed by atoms with Gasteiger partial charge in [-0.25, -0.2) is 8.78 Å². The second kappa shape index (κ2) is 7.95. The Bertz CT molecular complexity index is 824. The van der Waals surface area contributed by atoms with Gasteiger partial charge in [0.1, 0.15) is 11.6 Å². The average Bonchev–Trinajstić information content (AvgIpc) is 2.99. The van der Waals surface area contributed by atoms with Crippen LogP contribution in [0, 0.1) is 17.6 Å². The van der Waals surface area contributed by atoms with Gasteiger partial charge in [0.15, 0.2) is 0 Å². The van der Waals surface area contributed by atoms with E-state index in [-0.39, 0.29) is 43.3 Å². The second-order valence-corrected chi connectivity index (χ2v) is 7.04. The molecule has 2 aromatic rings. The summed E-state index contributed by atoms with van der Waals surface area (Å²) in [6.07, 6.45) is 0.173. The standard InChI is InChI=1S/C19H17BrF2N2O2/c20-13-3-1-4-14(10-13)24-11-12(9-18(24)25)19(26)23-8-7-15-16(21)5-2-6-17(15)22/h1-6,10,12H,7-9,11H2,(H,23,26). The SMILES string of the molecule is O=C(NCCc1c(F)cccc1F)C1CC(=O)N(c2cccc(Br)c2)C1. The van der Waals surface area contributed by atoms with Crippen LogP contribution in [0.4, 0.5) is 14.5 Å². The third-order valence-corrected chi connectivity index (χ3v) is 4.84. The van der Waals surface area contributed by atoms with Gasteiger partial charge in [0.2, 0.25) is 11.8 Å². The van der Waals surface area contributed by atoms with Gasteiger partial charge < -0.3 is 10.2 Å². The lowest BCUT2D eigenvalue weighted by molar-refractivity contribution is -0.126. The molecule has 26 heavy (non-hydrogen) atoms. The molecule has 1 heterocycles. The van der Waals surface area contributed by atoms with Crippen molar-refractivity contribution in [3.8, 4) is 0 Å². The Morgan fingerprint density at radius 2 is 1.88 bits per heavy atom. The molecule has 0 aliphatic carbocycles. The first-order valence-electron chi connectivity index (χ1n) is 8.22. The lowest BCUT2D eigenvalue weighted by atomic mass is 10.1. The number of carbonyl (C=O) groups excluding carboxylic acids is 2. The molecule has 4 nitrogen and oxygen atoms in total. The van der Waals surface area contributed by atoms with Crippen LogP contribution in [0.5, 0.6) is 0 Å². The van der Waals surface area contributed by atoms with E-state index in [0.29, 0.717) is 0 Å². The van der Waals surface area contributed by atoms with Gasteiger partial charge in [-0.15, -0.1) is 0 Å². The van der Waals surface area contributed by atoms with Crippen LogP contribution in [0.25, 0.3) is 0 Å². The molecule has 1 aliphatic heterocycles. The number of carbonyl (C=O) groups is 2. The minimum absolute atomic E-state index is 0.0499. The van der Waals surface area contributed by atoms with Crippen LogP contribution in [0.2, 0.25) is 0 Å². The van der Waals surface area contributed by atoms with Crippen molar-refractivity contribution in [2.24, 2.45) is 5.92 Å². The number of rotatable bonds is 5. The smallest absolute Gasteiger partial charge is 0.227 e. The lowest BCUT2D eigenvalue weighted by Gasteiger charge is -2.17. The fraction of sp³-hybridized carbons (Fsp3) is 0.263. The Morgan fingerprint density at radius 3 is 2.58 bits per heavy atom. The Hall–Kier alpha value is -2.28. The summed E-state index contributed by atoms with van der Waals surface area (Å²) in [5, 5.41) is 2.67. The maximum Gasteiger partial charge on any atom is 0.227 e. The zero-order chi connectivity index (χ0) is 18.7. The third kappa shape index (κ3) is 4.09. The summed E-state index contributed by atoms with van der Waals surface area (Å²) >= 11 is 3.36. The molecule has 1 N–H and O–H groups in total. The second-order valence-electron chi connectivity index (χ2n) is 6.13. The van der Waals surface area contributed by atoms with Gasteiger partial charge in [-0.2, -0.15) is 0 Å². The van der Waals surface area contributed by atoms with Crippen molar-refractivity contribution >= 4 is 33.4 Å². The molecule has 0 bridgehead atoms. The van der Waals surface area contributed by atoms with Gasteiger partial charge in [0, 0.05) is 35.2 Å². The fourth-order valence-electron chi connectivity index (χ4n) is 3.00. The van der Waals surface area contributed by atoms with Gasteiger partial charge >= 0.3 is 0 Å². The first-order valence-corrected chi connectivity index (χ1v) is 9.01. The molecular formula is C19H17BrF2N2O2. The van der Waals surface area contributed by atoms with Crippen LogP contribution in [0.1, 0.15) is 12.0 Å². The minimum Gasteiger partial charge on any atom is -0.355 e. The molecule has 136 valence electrons. The molecule has 1 aliphatic rings. The quantitative estimate of drug-likeness (QED) is 0.801. The summed E-state index contributed by atoms with van der Waals surface area (Å²) < 4.78 is 28.0. The number of nitrogens with zero attached hydrogens (tertiary/aromatic N) is 1. The molecule has 1 atom stereocenters. The number of hydrogen-bond donors (Lipinski definition) is 1. The molecule has 0 aromatic heterocycles. The average molecular weight is 423 g/mol.